The molecule has 0 amide bonds. The van der Waals surface area contributed by atoms with Gasteiger partial charge in [-0.05, 0) is 19.3 Å². The van der Waals surface area contributed by atoms with Crippen LogP contribution in [-0.4, -0.2) is 22.5 Å². The smallest absolute Gasteiger partial charge is 0.343 e. The summed E-state index contributed by atoms with van der Waals surface area (Å²) in [6.45, 7) is 6.33. The Morgan fingerprint density at radius 2 is 2.24 bits per heavy atom. The lowest BCUT2D eigenvalue weighted by molar-refractivity contribution is 0.0526. The third kappa shape index (κ3) is 4.01. The molecule has 0 saturated heterocycles. The maximum absolute atomic E-state index is 11.5. The quantitative estimate of drug-likeness (QED) is 0.790. The van der Waals surface area contributed by atoms with E-state index in [9.17, 15) is 4.79 Å². The Morgan fingerprint density at radius 1 is 1.53 bits per heavy atom. The summed E-state index contributed by atoms with van der Waals surface area (Å²) in [4.78, 5) is 19.7. The third-order valence-electron chi connectivity index (χ3n) is 2.31. The molecule has 0 aliphatic rings. The van der Waals surface area contributed by atoms with E-state index >= 15 is 0 Å². The summed E-state index contributed by atoms with van der Waals surface area (Å²) in [6.07, 6.45) is 3.21. The highest BCUT2D eigenvalue weighted by Crippen LogP contribution is 2.11. The molecule has 94 valence electrons. The number of carbonyl (C=O) groups is 1. The van der Waals surface area contributed by atoms with E-state index in [1.165, 1.54) is 6.20 Å². The standard InChI is InChI=1S/C12H19N3O2/c1-4-17-12(16)9-7-14-10(15-11(9)13)6-5-8(2)3/h7-8H,4-6H2,1-3H3,(H2,13,14,15). The summed E-state index contributed by atoms with van der Waals surface area (Å²) < 4.78 is 4.85. The maximum atomic E-state index is 11.5. The largest absolute Gasteiger partial charge is 0.462 e. The fraction of sp³-hybridized carbons (Fsp3) is 0.583. The first-order valence-electron chi connectivity index (χ1n) is 5.83. The maximum Gasteiger partial charge on any atom is 0.343 e. The van der Waals surface area contributed by atoms with Gasteiger partial charge in [0.2, 0.25) is 0 Å². The molecule has 0 radical (unpaired) electrons. The monoisotopic (exact) mass is 237 g/mol. The molecule has 0 atom stereocenters. The van der Waals surface area contributed by atoms with Crippen molar-refractivity contribution < 1.29 is 9.53 Å². The summed E-state index contributed by atoms with van der Waals surface area (Å²) in [5.74, 6) is 0.978. The fourth-order valence-corrected chi connectivity index (χ4v) is 1.34. The molecule has 0 spiro atoms. The third-order valence-corrected chi connectivity index (χ3v) is 2.31. The molecule has 1 heterocycles. The van der Waals surface area contributed by atoms with Crippen molar-refractivity contribution in [3.63, 3.8) is 0 Å². The SMILES string of the molecule is CCOC(=O)c1cnc(CCC(C)C)nc1N. The highest BCUT2D eigenvalue weighted by molar-refractivity contribution is 5.93. The molecule has 17 heavy (non-hydrogen) atoms. The second-order valence-corrected chi connectivity index (χ2v) is 4.24. The number of hydrogen-bond donors (Lipinski definition) is 1. The van der Waals surface area contributed by atoms with E-state index in [2.05, 4.69) is 23.8 Å². The van der Waals surface area contributed by atoms with Gasteiger partial charge in [0.05, 0.1) is 6.61 Å². The predicted octanol–water partition coefficient (Wildman–Crippen LogP) is 1.82. The molecular weight excluding hydrogens is 218 g/mol. The first-order valence-corrected chi connectivity index (χ1v) is 5.83. The molecular formula is C12H19N3O2. The van der Waals surface area contributed by atoms with Crippen molar-refractivity contribution in [2.75, 3.05) is 12.3 Å². The molecule has 0 saturated carbocycles. The first-order chi connectivity index (χ1) is 8.04. The van der Waals surface area contributed by atoms with Gasteiger partial charge in [0.1, 0.15) is 17.2 Å². The molecule has 0 bridgehead atoms. The van der Waals surface area contributed by atoms with Gasteiger partial charge in [0, 0.05) is 12.6 Å². The zero-order valence-electron chi connectivity index (χ0n) is 10.6. The summed E-state index contributed by atoms with van der Waals surface area (Å²) in [5.41, 5.74) is 5.94. The van der Waals surface area contributed by atoms with Crippen LogP contribution in [0.3, 0.4) is 0 Å². The van der Waals surface area contributed by atoms with Crippen LogP contribution in [0.5, 0.6) is 0 Å². The lowest BCUT2D eigenvalue weighted by atomic mass is 10.1. The van der Waals surface area contributed by atoms with Crippen molar-refractivity contribution in [1.29, 1.82) is 0 Å². The number of nitrogen functional groups attached to an aromatic ring is 1. The van der Waals surface area contributed by atoms with Crippen LogP contribution in [0.4, 0.5) is 5.82 Å². The van der Waals surface area contributed by atoms with Crippen molar-refractivity contribution in [2.24, 2.45) is 5.92 Å². The van der Waals surface area contributed by atoms with Gasteiger partial charge < -0.3 is 10.5 Å². The molecule has 2 N–H and O–H groups in total. The second-order valence-electron chi connectivity index (χ2n) is 4.24. The Hall–Kier alpha value is -1.65. The Kier molecular flexibility index (Phi) is 4.87. The topological polar surface area (TPSA) is 78.1 Å². The first kappa shape index (κ1) is 13.4. The number of carbonyl (C=O) groups excluding carboxylic acids is 1. The number of nitrogens with zero attached hydrogens (tertiary/aromatic N) is 2. The Bertz CT molecular complexity index is 391. The summed E-state index contributed by atoms with van der Waals surface area (Å²) in [7, 11) is 0. The van der Waals surface area contributed by atoms with Crippen LogP contribution in [0.15, 0.2) is 6.20 Å². The number of aromatic nitrogens is 2. The summed E-state index contributed by atoms with van der Waals surface area (Å²) in [6, 6.07) is 0. The van der Waals surface area contributed by atoms with Gasteiger partial charge in [-0.15, -0.1) is 0 Å². The molecule has 5 heteroatoms. The van der Waals surface area contributed by atoms with Crippen LogP contribution in [-0.2, 0) is 11.2 Å². The number of anilines is 1. The van der Waals surface area contributed by atoms with Gasteiger partial charge in [-0.2, -0.15) is 0 Å². The molecule has 0 fully saturated rings. The number of hydrogen-bond acceptors (Lipinski definition) is 5. The van der Waals surface area contributed by atoms with Gasteiger partial charge in [0.15, 0.2) is 0 Å². The zero-order chi connectivity index (χ0) is 12.8. The molecule has 5 nitrogen and oxygen atoms in total. The second kappa shape index (κ2) is 6.18. The Labute approximate surface area is 101 Å². The van der Waals surface area contributed by atoms with Gasteiger partial charge >= 0.3 is 5.97 Å². The number of nitrogens with two attached hydrogens (primary N) is 1. The normalized spacial score (nSPS) is 10.6. The highest BCUT2D eigenvalue weighted by atomic mass is 16.5. The van der Waals surface area contributed by atoms with Crippen molar-refractivity contribution >= 4 is 11.8 Å². The van der Waals surface area contributed by atoms with E-state index in [1.54, 1.807) is 6.92 Å². The number of aryl methyl sites for hydroxylation is 1. The van der Waals surface area contributed by atoms with Crippen LogP contribution in [0, 0.1) is 5.92 Å². The lowest BCUT2D eigenvalue weighted by Crippen LogP contribution is -2.12. The van der Waals surface area contributed by atoms with Crippen LogP contribution in [0.1, 0.15) is 43.4 Å². The number of rotatable bonds is 5. The van der Waals surface area contributed by atoms with E-state index in [0.29, 0.717) is 18.3 Å². The van der Waals surface area contributed by atoms with Crippen LogP contribution in [0.2, 0.25) is 0 Å². The zero-order valence-corrected chi connectivity index (χ0v) is 10.6. The summed E-state index contributed by atoms with van der Waals surface area (Å²) in [5, 5.41) is 0. The molecule has 1 aromatic heterocycles. The molecule has 0 aromatic carbocycles. The highest BCUT2D eigenvalue weighted by Gasteiger charge is 2.13. The lowest BCUT2D eigenvalue weighted by Gasteiger charge is -2.07. The average molecular weight is 237 g/mol. The molecule has 0 aliphatic heterocycles. The minimum absolute atomic E-state index is 0.192. The van der Waals surface area contributed by atoms with Crippen LogP contribution >= 0.6 is 0 Å². The van der Waals surface area contributed by atoms with Crippen molar-refractivity contribution in [3.8, 4) is 0 Å². The van der Waals surface area contributed by atoms with Gasteiger partial charge in [0.25, 0.3) is 0 Å². The summed E-state index contributed by atoms with van der Waals surface area (Å²) >= 11 is 0. The van der Waals surface area contributed by atoms with Crippen LogP contribution < -0.4 is 5.73 Å². The van der Waals surface area contributed by atoms with Crippen molar-refractivity contribution in [1.82, 2.24) is 9.97 Å². The molecule has 1 aromatic rings. The van der Waals surface area contributed by atoms with Crippen molar-refractivity contribution in [3.05, 3.63) is 17.6 Å². The fourth-order valence-electron chi connectivity index (χ4n) is 1.34. The van der Waals surface area contributed by atoms with Gasteiger partial charge in [-0.3, -0.25) is 0 Å². The van der Waals surface area contributed by atoms with Crippen molar-refractivity contribution in [2.45, 2.75) is 33.6 Å². The van der Waals surface area contributed by atoms with Gasteiger partial charge in [-0.1, -0.05) is 13.8 Å². The van der Waals surface area contributed by atoms with Crippen LogP contribution in [0.25, 0.3) is 0 Å². The minimum atomic E-state index is -0.472. The molecule has 1 rings (SSSR count). The van der Waals surface area contributed by atoms with E-state index in [0.717, 1.165) is 12.8 Å². The number of ether oxygens (including phenoxy) is 1. The van der Waals surface area contributed by atoms with Gasteiger partial charge in [-0.25, -0.2) is 14.8 Å². The molecule has 0 aliphatic carbocycles. The minimum Gasteiger partial charge on any atom is -0.462 e. The van der Waals surface area contributed by atoms with E-state index in [1.807, 2.05) is 0 Å². The Balaban J connectivity index is 2.75. The number of esters is 1. The van der Waals surface area contributed by atoms with E-state index in [-0.39, 0.29) is 11.4 Å². The molecule has 0 unspecified atom stereocenters. The average Bonchev–Trinajstić information content (AvgIpc) is 2.26. The van der Waals surface area contributed by atoms with E-state index in [4.69, 9.17) is 10.5 Å². The van der Waals surface area contributed by atoms with E-state index < -0.39 is 5.97 Å². The Morgan fingerprint density at radius 3 is 2.76 bits per heavy atom. The predicted molar refractivity (Wildman–Crippen MR) is 65.6 cm³/mol.